The zero-order valence-corrected chi connectivity index (χ0v) is 14.4. The van der Waals surface area contributed by atoms with Crippen LogP contribution in [0.4, 0.5) is 5.69 Å². The standard InChI is InChI=1S/C18H29N3O/c1-5-20-10-12-21(13-11-20)14-17(22)19-16-8-6-15(7-9-16)18(2,3)4/h6-9H,5,10-14H2,1-4H3,(H,19,22). The first-order valence-corrected chi connectivity index (χ1v) is 8.23. The molecule has 0 unspecified atom stereocenters. The van der Waals surface area contributed by atoms with E-state index in [-0.39, 0.29) is 11.3 Å². The molecule has 0 spiro atoms. The van der Waals surface area contributed by atoms with Gasteiger partial charge in [-0.05, 0) is 29.7 Å². The summed E-state index contributed by atoms with van der Waals surface area (Å²) in [5, 5.41) is 3.00. The van der Waals surface area contributed by atoms with Crippen molar-refractivity contribution in [2.75, 3.05) is 44.6 Å². The van der Waals surface area contributed by atoms with Gasteiger partial charge in [0.25, 0.3) is 0 Å². The van der Waals surface area contributed by atoms with Crippen LogP contribution in [0.1, 0.15) is 33.3 Å². The van der Waals surface area contributed by atoms with Crippen LogP contribution in [0.3, 0.4) is 0 Å². The molecule has 0 atom stereocenters. The summed E-state index contributed by atoms with van der Waals surface area (Å²) in [7, 11) is 0. The largest absolute Gasteiger partial charge is 0.325 e. The maximum absolute atomic E-state index is 12.1. The number of likely N-dealkylation sites (N-methyl/N-ethyl adjacent to an activating group) is 1. The molecule has 0 aliphatic carbocycles. The molecule has 1 aliphatic heterocycles. The molecule has 1 aliphatic rings. The van der Waals surface area contributed by atoms with Crippen LogP contribution in [0.5, 0.6) is 0 Å². The van der Waals surface area contributed by atoms with Gasteiger partial charge in [-0.3, -0.25) is 9.69 Å². The van der Waals surface area contributed by atoms with Gasteiger partial charge < -0.3 is 10.2 Å². The van der Waals surface area contributed by atoms with Gasteiger partial charge in [0.2, 0.25) is 5.91 Å². The predicted octanol–water partition coefficient (Wildman–Crippen LogP) is 2.56. The van der Waals surface area contributed by atoms with Gasteiger partial charge in [-0.2, -0.15) is 0 Å². The first-order chi connectivity index (χ1) is 10.4. The van der Waals surface area contributed by atoms with E-state index in [4.69, 9.17) is 0 Å². The molecule has 0 radical (unpaired) electrons. The molecule has 2 rings (SSSR count). The van der Waals surface area contributed by atoms with Gasteiger partial charge in [0, 0.05) is 31.9 Å². The van der Waals surface area contributed by atoms with Gasteiger partial charge in [0.1, 0.15) is 0 Å². The van der Waals surface area contributed by atoms with Gasteiger partial charge in [-0.15, -0.1) is 0 Å². The molecule has 1 aromatic carbocycles. The summed E-state index contributed by atoms with van der Waals surface area (Å²) in [5.74, 6) is 0.0773. The third kappa shape index (κ3) is 4.82. The molecular formula is C18H29N3O. The number of carbonyl (C=O) groups is 1. The lowest BCUT2D eigenvalue weighted by atomic mass is 9.87. The molecule has 1 heterocycles. The van der Waals surface area contributed by atoms with Gasteiger partial charge in [-0.1, -0.05) is 39.8 Å². The molecular weight excluding hydrogens is 274 g/mol. The minimum absolute atomic E-state index is 0.0773. The van der Waals surface area contributed by atoms with Crippen LogP contribution in [0.25, 0.3) is 0 Å². The summed E-state index contributed by atoms with van der Waals surface area (Å²) in [6, 6.07) is 8.17. The number of benzene rings is 1. The molecule has 22 heavy (non-hydrogen) atoms. The first-order valence-electron chi connectivity index (χ1n) is 8.23. The smallest absolute Gasteiger partial charge is 0.238 e. The number of nitrogens with one attached hydrogen (secondary N) is 1. The quantitative estimate of drug-likeness (QED) is 0.928. The van der Waals surface area contributed by atoms with Crippen LogP contribution < -0.4 is 5.32 Å². The number of carbonyl (C=O) groups excluding carboxylic acids is 1. The Hall–Kier alpha value is -1.39. The second kappa shape index (κ2) is 7.25. The number of rotatable bonds is 4. The lowest BCUT2D eigenvalue weighted by molar-refractivity contribution is -0.117. The lowest BCUT2D eigenvalue weighted by Gasteiger charge is -2.33. The average molecular weight is 303 g/mol. The molecule has 1 fully saturated rings. The van der Waals surface area contributed by atoms with E-state index in [2.05, 4.69) is 54.9 Å². The molecule has 0 aromatic heterocycles. The molecule has 1 N–H and O–H groups in total. The zero-order valence-electron chi connectivity index (χ0n) is 14.4. The van der Waals surface area contributed by atoms with Crippen LogP contribution in [-0.2, 0) is 10.2 Å². The Labute approximate surface area is 134 Å². The van der Waals surface area contributed by atoms with Crippen molar-refractivity contribution >= 4 is 11.6 Å². The number of anilines is 1. The molecule has 4 nitrogen and oxygen atoms in total. The van der Waals surface area contributed by atoms with Gasteiger partial charge in [-0.25, -0.2) is 0 Å². The van der Waals surface area contributed by atoms with Crippen LogP contribution in [0, 0.1) is 0 Å². The Bertz CT molecular complexity index is 482. The molecule has 1 aromatic rings. The highest BCUT2D eigenvalue weighted by molar-refractivity contribution is 5.92. The van der Waals surface area contributed by atoms with E-state index >= 15 is 0 Å². The molecule has 1 saturated heterocycles. The van der Waals surface area contributed by atoms with Crippen LogP contribution in [0.2, 0.25) is 0 Å². The van der Waals surface area contributed by atoms with Crippen molar-refractivity contribution in [2.24, 2.45) is 0 Å². The van der Waals surface area contributed by atoms with Gasteiger partial charge in [0.15, 0.2) is 0 Å². The van der Waals surface area contributed by atoms with Gasteiger partial charge >= 0.3 is 0 Å². The number of piperazine rings is 1. The SMILES string of the molecule is CCN1CCN(CC(=O)Nc2ccc(C(C)(C)C)cc2)CC1. The van der Waals surface area contributed by atoms with E-state index in [9.17, 15) is 4.79 Å². The Kier molecular flexibility index (Phi) is 5.59. The highest BCUT2D eigenvalue weighted by Crippen LogP contribution is 2.23. The molecule has 0 bridgehead atoms. The van der Waals surface area contributed by atoms with Crippen molar-refractivity contribution in [3.63, 3.8) is 0 Å². The number of hydrogen-bond acceptors (Lipinski definition) is 3. The summed E-state index contributed by atoms with van der Waals surface area (Å²) in [5.41, 5.74) is 2.30. The topological polar surface area (TPSA) is 35.6 Å². The van der Waals surface area contributed by atoms with E-state index in [0.717, 1.165) is 38.4 Å². The fraction of sp³-hybridized carbons (Fsp3) is 0.611. The summed E-state index contributed by atoms with van der Waals surface area (Å²) in [6.07, 6.45) is 0. The summed E-state index contributed by atoms with van der Waals surface area (Å²) < 4.78 is 0. The van der Waals surface area contributed by atoms with Crippen molar-refractivity contribution in [3.8, 4) is 0 Å². The predicted molar refractivity (Wildman–Crippen MR) is 92.3 cm³/mol. The number of amides is 1. The highest BCUT2D eigenvalue weighted by Gasteiger charge is 2.18. The Morgan fingerprint density at radius 3 is 2.09 bits per heavy atom. The van der Waals surface area contributed by atoms with Crippen molar-refractivity contribution in [3.05, 3.63) is 29.8 Å². The maximum atomic E-state index is 12.1. The third-order valence-corrected chi connectivity index (χ3v) is 4.31. The summed E-state index contributed by atoms with van der Waals surface area (Å²) >= 11 is 0. The second-order valence-electron chi connectivity index (χ2n) is 7.09. The Morgan fingerprint density at radius 1 is 1.05 bits per heavy atom. The first kappa shape index (κ1) is 17.0. The summed E-state index contributed by atoms with van der Waals surface area (Å²) in [6.45, 7) is 14.4. The molecule has 1 amide bonds. The highest BCUT2D eigenvalue weighted by atomic mass is 16.2. The maximum Gasteiger partial charge on any atom is 0.238 e. The molecule has 122 valence electrons. The minimum atomic E-state index is 0.0773. The van der Waals surface area contributed by atoms with Crippen molar-refractivity contribution in [1.29, 1.82) is 0 Å². The Balaban J connectivity index is 1.82. The third-order valence-electron chi connectivity index (χ3n) is 4.31. The second-order valence-corrected chi connectivity index (χ2v) is 7.09. The minimum Gasteiger partial charge on any atom is -0.325 e. The van der Waals surface area contributed by atoms with Crippen molar-refractivity contribution in [2.45, 2.75) is 33.1 Å². The van der Waals surface area contributed by atoms with Gasteiger partial charge in [0.05, 0.1) is 6.54 Å². The van der Waals surface area contributed by atoms with E-state index < -0.39 is 0 Å². The lowest BCUT2D eigenvalue weighted by Crippen LogP contribution is -2.48. The number of hydrogen-bond donors (Lipinski definition) is 1. The molecule has 4 heteroatoms. The van der Waals surface area contributed by atoms with Crippen LogP contribution in [-0.4, -0.2) is 55.0 Å². The van der Waals surface area contributed by atoms with Crippen molar-refractivity contribution < 1.29 is 4.79 Å². The zero-order chi connectivity index (χ0) is 16.2. The molecule has 0 saturated carbocycles. The Morgan fingerprint density at radius 2 is 1.59 bits per heavy atom. The van der Waals surface area contributed by atoms with Crippen LogP contribution in [0.15, 0.2) is 24.3 Å². The normalized spacial score (nSPS) is 17.5. The fourth-order valence-corrected chi connectivity index (χ4v) is 2.72. The number of nitrogens with zero attached hydrogens (tertiary/aromatic N) is 2. The summed E-state index contributed by atoms with van der Waals surface area (Å²) in [4.78, 5) is 16.8. The van der Waals surface area contributed by atoms with E-state index in [1.165, 1.54) is 5.56 Å². The van der Waals surface area contributed by atoms with Crippen LogP contribution >= 0.6 is 0 Å². The monoisotopic (exact) mass is 303 g/mol. The van der Waals surface area contributed by atoms with E-state index in [1.807, 2.05) is 12.1 Å². The van der Waals surface area contributed by atoms with E-state index in [0.29, 0.717) is 6.54 Å². The fourth-order valence-electron chi connectivity index (χ4n) is 2.72. The van der Waals surface area contributed by atoms with E-state index in [1.54, 1.807) is 0 Å². The van der Waals surface area contributed by atoms with Crippen molar-refractivity contribution in [1.82, 2.24) is 9.80 Å². The average Bonchev–Trinajstić information content (AvgIpc) is 2.47.